The zero-order valence-corrected chi connectivity index (χ0v) is 16.6. The van der Waals surface area contributed by atoms with Crippen LogP contribution < -0.4 is 0 Å². The van der Waals surface area contributed by atoms with E-state index in [2.05, 4.69) is 105 Å². The average molecular weight is 374 g/mol. The van der Waals surface area contributed by atoms with E-state index >= 15 is 0 Å². The topological polar surface area (TPSA) is 25.8 Å². The van der Waals surface area contributed by atoms with E-state index in [0.29, 0.717) is 0 Å². The average Bonchev–Trinajstić information content (AvgIpc) is 2.77. The van der Waals surface area contributed by atoms with Crippen LogP contribution in [0.15, 0.2) is 91.0 Å². The molecular weight excluding hydrogens is 352 g/mol. The Balaban J connectivity index is 1.86. The predicted octanol–water partition coefficient (Wildman–Crippen LogP) is 7.24. The van der Waals surface area contributed by atoms with E-state index in [1.165, 1.54) is 21.9 Å². The van der Waals surface area contributed by atoms with E-state index in [4.69, 9.17) is 9.97 Å². The van der Waals surface area contributed by atoms with Crippen molar-refractivity contribution in [3.05, 3.63) is 96.8 Å². The van der Waals surface area contributed by atoms with Gasteiger partial charge in [-0.25, -0.2) is 9.97 Å². The molecule has 0 radical (unpaired) electrons. The smallest absolute Gasteiger partial charge is 0.132 e. The molecule has 140 valence electrons. The molecule has 0 saturated carbocycles. The molecule has 0 atom stereocenters. The van der Waals surface area contributed by atoms with Crippen molar-refractivity contribution in [2.75, 3.05) is 0 Å². The third-order valence-electron chi connectivity index (χ3n) is 5.36. The van der Waals surface area contributed by atoms with Crippen LogP contribution in [0.2, 0.25) is 0 Å². The fraction of sp³-hybridized carbons (Fsp3) is 0.111. The number of hydrogen-bond donors (Lipinski definition) is 0. The van der Waals surface area contributed by atoms with Gasteiger partial charge in [0.2, 0.25) is 0 Å². The van der Waals surface area contributed by atoms with Crippen LogP contribution in [-0.4, -0.2) is 9.97 Å². The molecule has 0 aliphatic rings. The molecule has 0 saturated heterocycles. The van der Waals surface area contributed by atoms with Crippen LogP contribution in [0.3, 0.4) is 0 Å². The summed E-state index contributed by atoms with van der Waals surface area (Å²) in [6, 6.07) is 31.9. The van der Waals surface area contributed by atoms with Crippen molar-refractivity contribution in [3.8, 4) is 22.4 Å². The van der Waals surface area contributed by atoms with Crippen molar-refractivity contribution >= 4 is 21.7 Å². The van der Waals surface area contributed by atoms with Gasteiger partial charge in [0.25, 0.3) is 0 Å². The number of rotatable bonds is 3. The number of benzene rings is 4. The highest BCUT2D eigenvalue weighted by Gasteiger charge is 2.16. The Hall–Kier alpha value is -3.52. The Morgan fingerprint density at radius 1 is 0.621 bits per heavy atom. The Morgan fingerprint density at radius 3 is 1.97 bits per heavy atom. The van der Waals surface area contributed by atoms with Crippen molar-refractivity contribution in [1.29, 1.82) is 0 Å². The minimum absolute atomic E-state index is 0.258. The molecule has 0 amide bonds. The molecule has 0 fully saturated rings. The maximum atomic E-state index is 5.05. The van der Waals surface area contributed by atoms with Crippen LogP contribution in [-0.2, 0) is 0 Å². The fourth-order valence-corrected chi connectivity index (χ4v) is 3.86. The Morgan fingerprint density at radius 2 is 1.24 bits per heavy atom. The number of hydrogen-bond acceptors (Lipinski definition) is 2. The SMILES string of the molecule is CC(C)c1nc(-c2ccccc2-c2ccccc2)c2cc3ccccc3cc2n1. The molecule has 0 spiro atoms. The molecule has 2 nitrogen and oxygen atoms in total. The highest BCUT2D eigenvalue weighted by molar-refractivity contribution is 6.04. The maximum Gasteiger partial charge on any atom is 0.132 e. The number of fused-ring (bicyclic) bond motifs is 2. The molecule has 2 heteroatoms. The zero-order valence-electron chi connectivity index (χ0n) is 16.6. The first-order valence-corrected chi connectivity index (χ1v) is 10.1. The van der Waals surface area contributed by atoms with Crippen molar-refractivity contribution in [1.82, 2.24) is 9.97 Å². The van der Waals surface area contributed by atoms with Gasteiger partial charge in [0, 0.05) is 16.9 Å². The van der Waals surface area contributed by atoms with Gasteiger partial charge in [0.1, 0.15) is 5.82 Å². The normalized spacial score (nSPS) is 11.4. The van der Waals surface area contributed by atoms with Gasteiger partial charge in [-0.1, -0.05) is 92.7 Å². The summed E-state index contributed by atoms with van der Waals surface area (Å²) in [4.78, 5) is 9.95. The second kappa shape index (κ2) is 7.14. The van der Waals surface area contributed by atoms with E-state index in [-0.39, 0.29) is 5.92 Å². The molecular formula is C27H22N2. The monoisotopic (exact) mass is 374 g/mol. The fourth-order valence-electron chi connectivity index (χ4n) is 3.86. The molecule has 0 unspecified atom stereocenters. The first-order valence-electron chi connectivity index (χ1n) is 10.1. The molecule has 4 aromatic carbocycles. The molecule has 1 aromatic heterocycles. The van der Waals surface area contributed by atoms with Crippen molar-refractivity contribution in [3.63, 3.8) is 0 Å². The van der Waals surface area contributed by atoms with Crippen LogP contribution in [0.1, 0.15) is 25.6 Å². The third kappa shape index (κ3) is 3.17. The Bertz CT molecular complexity index is 1320. The summed E-state index contributed by atoms with van der Waals surface area (Å²) in [5, 5.41) is 3.51. The molecule has 0 aliphatic carbocycles. The number of aromatic nitrogens is 2. The lowest BCUT2D eigenvalue weighted by atomic mass is 9.94. The van der Waals surface area contributed by atoms with Crippen molar-refractivity contribution in [2.45, 2.75) is 19.8 Å². The lowest BCUT2D eigenvalue weighted by Gasteiger charge is -2.15. The summed E-state index contributed by atoms with van der Waals surface area (Å²) in [7, 11) is 0. The second-order valence-electron chi connectivity index (χ2n) is 7.71. The molecule has 1 heterocycles. The van der Waals surface area contributed by atoms with Gasteiger partial charge in [-0.15, -0.1) is 0 Å². The Kier molecular flexibility index (Phi) is 4.33. The maximum absolute atomic E-state index is 5.05. The zero-order chi connectivity index (χ0) is 19.8. The lowest BCUT2D eigenvalue weighted by Crippen LogP contribution is -2.01. The van der Waals surface area contributed by atoms with Gasteiger partial charge < -0.3 is 0 Å². The second-order valence-corrected chi connectivity index (χ2v) is 7.71. The molecule has 0 bridgehead atoms. The van der Waals surface area contributed by atoms with Crippen LogP contribution in [0.4, 0.5) is 0 Å². The van der Waals surface area contributed by atoms with Crippen molar-refractivity contribution in [2.24, 2.45) is 0 Å². The van der Waals surface area contributed by atoms with Gasteiger partial charge in [0.15, 0.2) is 0 Å². The van der Waals surface area contributed by atoms with E-state index in [9.17, 15) is 0 Å². The van der Waals surface area contributed by atoms with Crippen LogP contribution in [0.5, 0.6) is 0 Å². The molecule has 5 aromatic rings. The minimum atomic E-state index is 0.258. The lowest BCUT2D eigenvalue weighted by molar-refractivity contribution is 0.785. The van der Waals surface area contributed by atoms with Crippen LogP contribution in [0.25, 0.3) is 44.1 Å². The summed E-state index contributed by atoms with van der Waals surface area (Å²) in [6.07, 6.45) is 0. The van der Waals surface area contributed by atoms with Gasteiger partial charge >= 0.3 is 0 Å². The first-order chi connectivity index (χ1) is 14.2. The van der Waals surface area contributed by atoms with E-state index < -0.39 is 0 Å². The number of nitrogens with zero attached hydrogens (tertiary/aromatic N) is 2. The standard InChI is InChI=1S/C27H22N2/c1-18(2)27-28-25-17-21-13-7-6-12-20(21)16-24(25)26(29-27)23-15-9-8-14-22(23)19-10-4-3-5-11-19/h3-18H,1-2H3. The third-order valence-corrected chi connectivity index (χ3v) is 5.36. The van der Waals surface area contributed by atoms with Crippen molar-refractivity contribution < 1.29 is 0 Å². The quantitative estimate of drug-likeness (QED) is 0.311. The van der Waals surface area contributed by atoms with E-state index in [1.54, 1.807) is 0 Å². The molecule has 29 heavy (non-hydrogen) atoms. The van der Waals surface area contributed by atoms with Gasteiger partial charge in [-0.3, -0.25) is 0 Å². The largest absolute Gasteiger partial charge is 0.233 e. The van der Waals surface area contributed by atoms with Crippen LogP contribution >= 0.6 is 0 Å². The highest BCUT2D eigenvalue weighted by Crippen LogP contribution is 2.36. The Labute approximate surface area is 170 Å². The summed E-state index contributed by atoms with van der Waals surface area (Å²) in [6.45, 7) is 4.30. The van der Waals surface area contributed by atoms with Gasteiger partial charge in [-0.05, 0) is 34.0 Å². The summed E-state index contributed by atoms with van der Waals surface area (Å²) < 4.78 is 0. The first kappa shape index (κ1) is 17.6. The summed E-state index contributed by atoms with van der Waals surface area (Å²) in [5.74, 6) is 1.14. The van der Waals surface area contributed by atoms with Crippen LogP contribution in [0, 0.1) is 0 Å². The highest BCUT2D eigenvalue weighted by atomic mass is 14.9. The summed E-state index contributed by atoms with van der Waals surface area (Å²) >= 11 is 0. The molecule has 5 rings (SSSR count). The molecule has 0 N–H and O–H groups in total. The van der Waals surface area contributed by atoms with E-state index in [0.717, 1.165) is 28.0 Å². The van der Waals surface area contributed by atoms with Gasteiger partial charge in [-0.2, -0.15) is 0 Å². The predicted molar refractivity (Wildman–Crippen MR) is 122 cm³/mol. The van der Waals surface area contributed by atoms with Gasteiger partial charge in [0.05, 0.1) is 11.2 Å². The molecule has 0 aliphatic heterocycles. The minimum Gasteiger partial charge on any atom is -0.233 e. The van der Waals surface area contributed by atoms with E-state index in [1.807, 2.05) is 0 Å². The summed E-state index contributed by atoms with van der Waals surface area (Å²) in [5.41, 5.74) is 5.53.